The lowest BCUT2D eigenvalue weighted by Crippen LogP contribution is -2.25. The number of aromatic nitrogens is 2. The highest BCUT2D eigenvalue weighted by molar-refractivity contribution is 6.33. The molecule has 0 fully saturated rings. The highest BCUT2D eigenvalue weighted by atomic mass is 35.5. The van der Waals surface area contributed by atoms with Crippen molar-refractivity contribution in [2.45, 2.75) is 47.0 Å². The SMILES string of the molecule is CCC(C)(C)C(c1coc2c(Cl)ncnc12)C(C)C. The fraction of sp³-hybridized carbons (Fsp3) is 0.600. The number of fused-ring (bicyclic) bond motifs is 1. The number of rotatable bonds is 4. The molecule has 0 radical (unpaired) electrons. The van der Waals surface area contributed by atoms with E-state index < -0.39 is 0 Å². The Balaban J connectivity index is 2.61. The van der Waals surface area contributed by atoms with E-state index in [1.165, 1.54) is 6.33 Å². The molecule has 0 amide bonds. The normalized spacial score (nSPS) is 14.3. The Morgan fingerprint density at radius 2 is 2.00 bits per heavy atom. The maximum atomic E-state index is 6.06. The molecule has 2 rings (SSSR count). The van der Waals surface area contributed by atoms with Gasteiger partial charge in [0.05, 0.1) is 6.26 Å². The summed E-state index contributed by atoms with van der Waals surface area (Å²) in [6.45, 7) is 11.3. The molecule has 2 aromatic heterocycles. The lowest BCUT2D eigenvalue weighted by molar-refractivity contribution is 0.222. The van der Waals surface area contributed by atoms with Gasteiger partial charge in [-0.2, -0.15) is 0 Å². The van der Waals surface area contributed by atoms with Crippen LogP contribution in [0.15, 0.2) is 17.0 Å². The van der Waals surface area contributed by atoms with Gasteiger partial charge >= 0.3 is 0 Å². The monoisotopic (exact) mass is 280 g/mol. The van der Waals surface area contributed by atoms with Gasteiger partial charge in [-0.25, -0.2) is 9.97 Å². The molecule has 1 atom stereocenters. The molecule has 2 aromatic rings. The zero-order valence-corrected chi connectivity index (χ0v) is 13.0. The van der Waals surface area contributed by atoms with Crippen LogP contribution in [0.2, 0.25) is 5.15 Å². The van der Waals surface area contributed by atoms with Gasteiger partial charge in [-0.05, 0) is 17.3 Å². The first-order valence-corrected chi connectivity index (χ1v) is 7.14. The van der Waals surface area contributed by atoms with Gasteiger partial charge in [0.15, 0.2) is 10.7 Å². The molecule has 0 N–H and O–H groups in total. The predicted molar refractivity (Wildman–Crippen MR) is 78.5 cm³/mol. The first-order chi connectivity index (χ1) is 8.88. The number of nitrogens with zero attached hydrogens (tertiary/aromatic N) is 2. The molecule has 0 aliphatic heterocycles. The van der Waals surface area contributed by atoms with Gasteiger partial charge in [0.1, 0.15) is 11.8 Å². The fourth-order valence-corrected chi connectivity index (χ4v) is 3.14. The Morgan fingerprint density at radius 1 is 1.32 bits per heavy atom. The molecule has 0 saturated carbocycles. The van der Waals surface area contributed by atoms with Gasteiger partial charge in [-0.1, -0.05) is 52.6 Å². The number of furan rings is 1. The van der Waals surface area contributed by atoms with Crippen molar-refractivity contribution < 1.29 is 4.42 Å². The van der Waals surface area contributed by atoms with Gasteiger partial charge in [0, 0.05) is 5.56 Å². The maximum absolute atomic E-state index is 6.06. The van der Waals surface area contributed by atoms with Crippen LogP contribution in [0, 0.1) is 11.3 Å². The highest BCUT2D eigenvalue weighted by Gasteiger charge is 2.34. The molecule has 2 heterocycles. The zero-order valence-electron chi connectivity index (χ0n) is 12.2. The summed E-state index contributed by atoms with van der Waals surface area (Å²) >= 11 is 6.06. The molecule has 0 aromatic carbocycles. The second-order valence-corrected chi connectivity index (χ2v) is 6.46. The Labute approximate surface area is 119 Å². The van der Waals surface area contributed by atoms with Crippen molar-refractivity contribution in [3.05, 3.63) is 23.3 Å². The zero-order chi connectivity index (χ0) is 14.2. The smallest absolute Gasteiger partial charge is 0.189 e. The average molecular weight is 281 g/mol. The van der Waals surface area contributed by atoms with Crippen LogP contribution in [-0.2, 0) is 0 Å². The largest absolute Gasteiger partial charge is 0.459 e. The quantitative estimate of drug-likeness (QED) is 0.736. The Bertz CT molecular complexity index is 575. The van der Waals surface area contributed by atoms with E-state index >= 15 is 0 Å². The summed E-state index contributed by atoms with van der Waals surface area (Å²) in [5, 5.41) is 0.382. The molecular formula is C15H21ClN2O. The average Bonchev–Trinajstić information content (AvgIpc) is 2.74. The van der Waals surface area contributed by atoms with Crippen LogP contribution in [0.5, 0.6) is 0 Å². The Morgan fingerprint density at radius 3 is 2.58 bits per heavy atom. The van der Waals surface area contributed by atoms with E-state index in [0.29, 0.717) is 22.6 Å². The summed E-state index contributed by atoms with van der Waals surface area (Å²) in [4.78, 5) is 8.33. The molecule has 0 spiro atoms. The molecule has 19 heavy (non-hydrogen) atoms. The van der Waals surface area contributed by atoms with E-state index in [1.807, 2.05) is 0 Å². The molecule has 1 unspecified atom stereocenters. The summed E-state index contributed by atoms with van der Waals surface area (Å²) in [5.41, 5.74) is 2.76. The lowest BCUT2D eigenvalue weighted by atomic mass is 9.68. The van der Waals surface area contributed by atoms with Crippen LogP contribution in [0.25, 0.3) is 11.1 Å². The van der Waals surface area contributed by atoms with Crippen LogP contribution in [0.3, 0.4) is 0 Å². The molecule has 104 valence electrons. The summed E-state index contributed by atoms with van der Waals surface area (Å²) in [6, 6.07) is 0. The van der Waals surface area contributed by atoms with Crippen molar-refractivity contribution in [2.75, 3.05) is 0 Å². The fourth-order valence-electron chi connectivity index (χ4n) is 2.96. The van der Waals surface area contributed by atoms with Gasteiger partial charge in [-0.15, -0.1) is 0 Å². The van der Waals surface area contributed by atoms with Crippen molar-refractivity contribution in [1.82, 2.24) is 9.97 Å². The second-order valence-electron chi connectivity index (χ2n) is 6.10. The molecule has 4 heteroatoms. The van der Waals surface area contributed by atoms with E-state index in [2.05, 4.69) is 44.6 Å². The van der Waals surface area contributed by atoms with E-state index in [0.717, 1.165) is 17.5 Å². The molecule has 0 bridgehead atoms. The topological polar surface area (TPSA) is 38.9 Å². The van der Waals surface area contributed by atoms with Crippen molar-refractivity contribution in [3.8, 4) is 0 Å². The molecule has 3 nitrogen and oxygen atoms in total. The van der Waals surface area contributed by atoms with E-state index in [9.17, 15) is 0 Å². The van der Waals surface area contributed by atoms with Crippen molar-refractivity contribution in [2.24, 2.45) is 11.3 Å². The van der Waals surface area contributed by atoms with Crippen LogP contribution in [0.1, 0.15) is 52.5 Å². The van der Waals surface area contributed by atoms with Crippen molar-refractivity contribution in [1.29, 1.82) is 0 Å². The summed E-state index contributed by atoms with van der Waals surface area (Å²) < 4.78 is 5.59. The third-order valence-corrected chi connectivity index (χ3v) is 4.36. The van der Waals surface area contributed by atoms with Gasteiger partial charge in [-0.3, -0.25) is 0 Å². The van der Waals surface area contributed by atoms with Crippen molar-refractivity contribution in [3.63, 3.8) is 0 Å². The molecule has 0 aliphatic rings. The second kappa shape index (κ2) is 5.12. The molecular weight excluding hydrogens is 260 g/mol. The third kappa shape index (κ3) is 2.48. The van der Waals surface area contributed by atoms with Crippen LogP contribution in [-0.4, -0.2) is 9.97 Å². The maximum Gasteiger partial charge on any atom is 0.189 e. The molecule has 0 saturated heterocycles. The Kier molecular flexibility index (Phi) is 3.86. The molecule has 0 aliphatic carbocycles. The summed E-state index contributed by atoms with van der Waals surface area (Å²) in [5.74, 6) is 0.884. The summed E-state index contributed by atoms with van der Waals surface area (Å²) in [6.07, 6.45) is 4.40. The van der Waals surface area contributed by atoms with Crippen LogP contribution < -0.4 is 0 Å². The van der Waals surface area contributed by atoms with E-state index in [1.54, 1.807) is 6.26 Å². The minimum Gasteiger partial charge on any atom is -0.459 e. The Hall–Kier alpha value is -1.09. The van der Waals surface area contributed by atoms with Crippen molar-refractivity contribution >= 4 is 22.7 Å². The minimum absolute atomic E-state index is 0.183. The highest BCUT2D eigenvalue weighted by Crippen LogP contribution is 2.45. The summed E-state index contributed by atoms with van der Waals surface area (Å²) in [7, 11) is 0. The standard InChI is InChI=1S/C15H21ClN2O/c1-6-15(4,5)11(9(2)3)10-7-19-13-12(10)17-8-18-14(13)16/h7-9,11H,6H2,1-5H3. The number of halogens is 1. The van der Waals surface area contributed by atoms with Gasteiger partial charge in [0.2, 0.25) is 0 Å². The van der Waals surface area contributed by atoms with Crippen LogP contribution in [0.4, 0.5) is 0 Å². The first-order valence-electron chi connectivity index (χ1n) is 6.76. The van der Waals surface area contributed by atoms with Gasteiger partial charge < -0.3 is 4.42 Å². The number of hydrogen-bond donors (Lipinski definition) is 0. The minimum atomic E-state index is 0.183. The van der Waals surface area contributed by atoms with E-state index in [-0.39, 0.29) is 5.41 Å². The van der Waals surface area contributed by atoms with E-state index in [4.69, 9.17) is 16.0 Å². The predicted octanol–water partition coefficient (Wildman–Crippen LogP) is 5.05. The number of hydrogen-bond acceptors (Lipinski definition) is 3. The lowest BCUT2D eigenvalue weighted by Gasteiger charge is -2.36. The van der Waals surface area contributed by atoms with Gasteiger partial charge in [0.25, 0.3) is 0 Å². The first kappa shape index (κ1) is 14.3. The van der Waals surface area contributed by atoms with Crippen LogP contribution >= 0.6 is 11.6 Å². The third-order valence-electron chi connectivity index (χ3n) is 4.09.